The number of rotatable bonds is 4. The van der Waals surface area contributed by atoms with Gasteiger partial charge in [-0.2, -0.15) is 18.3 Å². The summed E-state index contributed by atoms with van der Waals surface area (Å²) in [7, 11) is -4.07. The fourth-order valence-corrected chi connectivity index (χ4v) is 3.19. The molecule has 3 rings (SSSR count). The number of nitrogens with zero attached hydrogens (tertiary/aromatic N) is 3. The molecule has 0 aliphatic rings. The Morgan fingerprint density at radius 2 is 1.68 bits per heavy atom. The molecule has 0 spiro atoms. The summed E-state index contributed by atoms with van der Waals surface area (Å²) in [5.74, 6) is 0. The predicted octanol–water partition coefficient (Wildman–Crippen LogP) is 3.09. The molecule has 1 heterocycles. The monoisotopic (exact) mass is 368 g/mol. The van der Waals surface area contributed by atoms with Crippen molar-refractivity contribution in [2.75, 3.05) is 4.72 Å². The van der Waals surface area contributed by atoms with Gasteiger partial charge in [-0.1, -0.05) is 12.1 Å². The van der Waals surface area contributed by atoms with Crippen molar-refractivity contribution in [2.45, 2.75) is 11.1 Å². The van der Waals surface area contributed by atoms with Crippen molar-refractivity contribution < 1.29 is 21.6 Å². The van der Waals surface area contributed by atoms with Crippen LogP contribution in [0.25, 0.3) is 5.69 Å². The predicted molar refractivity (Wildman–Crippen MR) is 83.6 cm³/mol. The van der Waals surface area contributed by atoms with Crippen LogP contribution in [0.3, 0.4) is 0 Å². The standard InChI is InChI=1S/C15H11F3N4O2S/c16-15(17,18)11-5-7-12(8-6-11)25(23,24)21-13-3-1-2-4-14(13)22-10-19-9-20-22/h1-10,21H. The average Bonchev–Trinajstić information content (AvgIpc) is 3.09. The summed E-state index contributed by atoms with van der Waals surface area (Å²) in [5.41, 5.74) is -0.280. The highest BCUT2D eigenvalue weighted by atomic mass is 32.2. The molecule has 0 saturated heterocycles. The number of hydrogen-bond acceptors (Lipinski definition) is 4. The van der Waals surface area contributed by atoms with E-state index >= 15 is 0 Å². The molecule has 0 radical (unpaired) electrons. The van der Waals surface area contributed by atoms with E-state index < -0.39 is 21.8 Å². The van der Waals surface area contributed by atoms with Crippen LogP contribution in [0.4, 0.5) is 18.9 Å². The minimum Gasteiger partial charge on any atom is -0.277 e. The molecule has 0 aliphatic heterocycles. The lowest BCUT2D eigenvalue weighted by Gasteiger charge is -2.13. The molecule has 130 valence electrons. The summed E-state index contributed by atoms with van der Waals surface area (Å²) in [6.07, 6.45) is -1.85. The molecule has 1 aromatic heterocycles. The van der Waals surface area contributed by atoms with Crippen molar-refractivity contribution in [2.24, 2.45) is 0 Å². The number of halogens is 3. The zero-order valence-electron chi connectivity index (χ0n) is 12.5. The second-order valence-corrected chi connectivity index (χ2v) is 6.67. The molecule has 6 nitrogen and oxygen atoms in total. The van der Waals surface area contributed by atoms with Gasteiger partial charge in [0.05, 0.1) is 21.8 Å². The van der Waals surface area contributed by atoms with Crippen molar-refractivity contribution in [3.8, 4) is 5.69 Å². The molecular weight excluding hydrogens is 357 g/mol. The number of alkyl halides is 3. The van der Waals surface area contributed by atoms with Crippen LogP contribution in [-0.4, -0.2) is 23.2 Å². The van der Waals surface area contributed by atoms with E-state index in [0.29, 0.717) is 5.69 Å². The topological polar surface area (TPSA) is 76.9 Å². The normalized spacial score (nSPS) is 12.1. The molecule has 0 unspecified atom stereocenters. The number of aromatic nitrogens is 3. The molecule has 0 bridgehead atoms. The molecule has 1 N–H and O–H groups in total. The van der Waals surface area contributed by atoms with Crippen molar-refractivity contribution in [3.05, 3.63) is 66.7 Å². The molecule has 0 aliphatic carbocycles. The lowest BCUT2D eigenvalue weighted by atomic mass is 10.2. The van der Waals surface area contributed by atoms with Gasteiger partial charge >= 0.3 is 6.18 Å². The largest absolute Gasteiger partial charge is 0.416 e. The van der Waals surface area contributed by atoms with E-state index in [1.165, 1.54) is 23.4 Å². The zero-order chi connectivity index (χ0) is 18.1. The first-order valence-corrected chi connectivity index (χ1v) is 8.40. The van der Waals surface area contributed by atoms with E-state index in [1.54, 1.807) is 18.2 Å². The molecule has 0 saturated carbocycles. The van der Waals surface area contributed by atoms with Crippen molar-refractivity contribution in [3.63, 3.8) is 0 Å². The van der Waals surface area contributed by atoms with Gasteiger partial charge in [-0.3, -0.25) is 4.72 Å². The summed E-state index contributed by atoms with van der Waals surface area (Å²) >= 11 is 0. The quantitative estimate of drug-likeness (QED) is 0.768. The van der Waals surface area contributed by atoms with Crippen molar-refractivity contribution >= 4 is 15.7 Å². The van der Waals surface area contributed by atoms with Gasteiger partial charge in [-0.25, -0.2) is 18.1 Å². The van der Waals surface area contributed by atoms with Gasteiger partial charge in [0.1, 0.15) is 12.7 Å². The average molecular weight is 368 g/mol. The Kier molecular flexibility index (Phi) is 4.21. The maximum atomic E-state index is 12.6. The summed E-state index contributed by atoms with van der Waals surface area (Å²) in [4.78, 5) is 3.51. The fourth-order valence-electron chi connectivity index (χ4n) is 2.12. The minimum atomic E-state index is -4.53. The zero-order valence-corrected chi connectivity index (χ0v) is 13.3. The summed E-state index contributed by atoms with van der Waals surface area (Å²) < 4.78 is 66.4. The maximum absolute atomic E-state index is 12.6. The van der Waals surface area contributed by atoms with Crippen LogP contribution >= 0.6 is 0 Å². The molecule has 0 fully saturated rings. The molecule has 25 heavy (non-hydrogen) atoms. The van der Waals surface area contributed by atoms with Gasteiger partial charge in [0.2, 0.25) is 0 Å². The lowest BCUT2D eigenvalue weighted by molar-refractivity contribution is -0.137. The smallest absolute Gasteiger partial charge is 0.277 e. The molecular formula is C15H11F3N4O2S. The molecule has 3 aromatic rings. The van der Waals surface area contributed by atoms with Crippen LogP contribution in [0.15, 0.2) is 66.1 Å². The summed E-state index contributed by atoms with van der Waals surface area (Å²) in [6, 6.07) is 9.69. The highest BCUT2D eigenvalue weighted by molar-refractivity contribution is 7.92. The van der Waals surface area contributed by atoms with Crippen LogP contribution in [0.2, 0.25) is 0 Å². The van der Waals surface area contributed by atoms with Crippen LogP contribution in [0.1, 0.15) is 5.56 Å². The third-order valence-electron chi connectivity index (χ3n) is 3.31. The van der Waals surface area contributed by atoms with E-state index in [1.807, 2.05) is 0 Å². The van der Waals surface area contributed by atoms with Gasteiger partial charge in [-0.15, -0.1) is 0 Å². The van der Waals surface area contributed by atoms with E-state index in [0.717, 1.165) is 24.3 Å². The Balaban J connectivity index is 1.93. The van der Waals surface area contributed by atoms with Crippen LogP contribution in [0.5, 0.6) is 0 Å². The highest BCUT2D eigenvalue weighted by Gasteiger charge is 2.30. The first-order chi connectivity index (χ1) is 11.8. The molecule has 0 amide bonds. The van der Waals surface area contributed by atoms with E-state index in [2.05, 4.69) is 14.8 Å². The number of nitrogens with one attached hydrogen (secondary N) is 1. The first kappa shape index (κ1) is 17.0. The third-order valence-corrected chi connectivity index (χ3v) is 4.69. The Hall–Kier alpha value is -2.88. The lowest BCUT2D eigenvalue weighted by Crippen LogP contribution is -2.15. The number of sulfonamides is 1. The number of benzene rings is 2. The van der Waals surface area contributed by atoms with E-state index in [-0.39, 0.29) is 10.6 Å². The van der Waals surface area contributed by atoms with E-state index in [9.17, 15) is 21.6 Å². The van der Waals surface area contributed by atoms with Crippen molar-refractivity contribution in [1.82, 2.24) is 14.8 Å². The maximum Gasteiger partial charge on any atom is 0.416 e. The third kappa shape index (κ3) is 3.63. The van der Waals surface area contributed by atoms with Gasteiger partial charge < -0.3 is 0 Å². The molecule has 2 aromatic carbocycles. The Morgan fingerprint density at radius 1 is 1.00 bits per heavy atom. The fraction of sp³-hybridized carbons (Fsp3) is 0.0667. The SMILES string of the molecule is O=S(=O)(Nc1ccccc1-n1cncn1)c1ccc(C(F)(F)F)cc1. The minimum absolute atomic E-state index is 0.216. The van der Waals surface area contributed by atoms with E-state index in [4.69, 9.17) is 0 Å². The second kappa shape index (κ2) is 6.20. The Labute approximate surface area is 141 Å². The number of hydrogen-bond donors (Lipinski definition) is 1. The summed E-state index contributed by atoms with van der Waals surface area (Å²) in [5, 5.41) is 3.93. The molecule has 0 atom stereocenters. The first-order valence-electron chi connectivity index (χ1n) is 6.91. The van der Waals surface area contributed by atoms with Crippen molar-refractivity contribution in [1.29, 1.82) is 0 Å². The summed E-state index contributed by atoms with van der Waals surface area (Å²) in [6.45, 7) is 0. The second-order valence-electron chi connectivity index (χ2n) is 4.98. The van der Waals surface area contributed by atoms with Gasteiger partial charge in [0.15, 0.2) is 0 Å². The van der Waals surface area contributed by atoms with Gasteiger partial charge in [-0.05, 0) is 36.4 Å². The van der Waals surface area contributed by atoms with Crippen LogP contribution in [0, 0.1) is 0 Å². The number of para-hydroxylation sites is 2. The van der Waals surface area contributed by atoms with Gasteiger partial charge in [0, 0.05) is 0 Å². The van der Waals surface area contributed by atoms with Gasteiger partial charge in [0.25, 0.3) is 10.0 Å². The Bertz CT molecular complexity index is 969. The molecule has 10 heteroatoms. The van der Waals surface area contributed by atoms with Crippen LogP contribution < -0.4 is 4.72 Å². The number of anilines is 1. The van der Waals surface area contributed by atoms with Crippen LogP contribution in [-0.2, 0) is 16.2 Å². The Morgan fingerprint density at radius 3 is 2.28 bits per heavy atom. The highest BCUT2D eigenvalue weighted by Crippen LogP contribution is 2.30.